The quantitative estimate of drug-likeness (QED) is 0.532. The average Bonchev–Trinajstić information content (AvgIpc) is 2.69. The third-order valence-electron chi connectivity index (χ3n) is 3.20. The second kappa shape index (κ2) is 6.05. The summed E-state index contributed by atoms with van der Waals surface area (Å²) >= 11 is 0. The molecule has 1 aliphatic rings. The molecule has 1 atom stereocenters. The molecule has 2 N–H and O–H groups in total. The fraction of sp³-hybridized carbons (Fsp3) is 0.917. The summed E-state index contributed by atoms with van der Waals surface area (Å²) in [5.74, 6) is 1.53. The van der Waals surface area contributed by atoms with Gasteiger partial charge in [0.05, 0.1) is 11.9 Å². The predicted molar refractivity (Wildman–Crippen MR) is 62.6 cm³/mol. The van der Waals surface area contributed by atoms with Gasteiger partial charge < -0.3 is 5.73 Å². The summed E-state index contributed by atoms with van der Waals surface area (Å²) < 4.78 is 0. The van der Waals surface area contributed by atoms with Crippen LogP contribution in [0.5, 0.6) is 0 Å². The lowest BCUT2D eigenvalue weighted by Crippen LogP contribution is -2.24. The molecule has 0 aromatic carbocycles. The van der Waals surface area contributed by atoms with E-state index < -0.39 is 0 Å². The summed E-state index contributed by atoms with van der Waals surface area (Å²) in [4.78, 5) is 4.66. The Hall–Kier alpha value is -0.530. The average molecular weight is 196 g/mol. The molecule has 1 saturated carbocycles. The molecule has 82 valence electrons. The van der Waals surface area contributed by atoms with Gasteiger partial charge in [0.1, 0.15) is 0 Å². The Morgan fingerprint density at radius 3 is 2.50 bits per heavy atom. The van der Waals surface area contributed by atoms with Gasteiger partial charge in [-0.15, -0.1) is 0 Å². The zero-order valence-electron chi connectivity index (χ0n) is 9.63. The molecule has 14 heavy (non-hydrogen) atoms. The highest BCUT2D eigenvalue weighted by Crippen LogP contribution is 2.25. The van der Waals surface area contributed by atoms with E-state index in [-0.39, 0.29) is 0 Å². The molecule has 1 rings (SSSR count). The number of nitrogens with zero attached hydrogens (tertiary/aromatic N) is 1. The number of rotatable bonds is 5. The van der Waals surface area contributed by atoms with Gasteiger partial charge in [0.25, 0.3) is 0 Å². The molecule has 2 heteroatoms. The highest BCUT2D eigenvalue weighted by molar-refractivity contribution is 5.83. The third kappa shape index (κ3) is 3.32. The minimum Gasteiger partial charge on any atom is -0.387 e. The summed E-state index contributed by atoms with van der Waals surface area (Å²) in [5, 5.41) is 0. The van der Waals surface area contributed by atoms with Crippen LogP contribution in [0.25, 0.3) is 0 Å². The van der Waals surface area contributed by atoms with Crippen molar-refractivity contribution in [1.82, 2.24) is 0 Å². The van der Waals surface area contributed by atoms with Crippen molar-refractivity contribution in [3.63, 3.8) is 0 Å². The molecule has 0 amide bonds. The molecular weight excluding hydrogens is 172 g/mol. The van der Waals surface area contributed by atoms with Gasteiger partial charge in [-0.2, -0.15) is 0 Å². The fourth-order valence-corrected chi connectivity index (χ4v) is 2.23. The van der Waals surface area contributed by atoms with Crippen molar-refractivity contribution < 1.29 is 0 Å². The van der Waals surface area contributed by atoms with E-state index in [1.807, 2.05) is 0 Å². The number of amidine groups is 1. The van der Waals surface area contributed by atoms with Crippen molar-refractivity contribution in [2.45, 2.75) is 64.8 Å². The Labute approximate surface area is 88.0 Å². The molecule has 0 spiro atoms. The number of aliphatic imine (C=N–C) groups is 1. The molecule has 1 aliphatic carbocycles. The number of hydrogen-bond donors (Lipinski definition) is 1. The Balaban J connectivity index is 2.46. The molecule has 0 aromatic heterocycles. The molecule has 2 nitrogen and oxygen atoms in total. The highest BCUT2D eigenvalue weighted by Gasteiger charge is 2.19. The second-order valence-electron chi connectivity index (χ2n) is 4.39. The molecule has 0 aromatic rings. The van der Waals surface area contributed by atoms with Crippen LogP contribution in [0.3, 0.4) is 0 Å². The maximum atomic E-state index is 6.04. The lowest BCUT2D eigenvalue weighted by molar-refractivity contribution is 0.579. The molecule has 1 fully saturated rings. The van der Waals surface area contributed by atoms with E-state index in [2.05, 4.69) is 18.8 Å². The predicted octanol–water partition coefficient (Wildman–Crippen LogP) is 3.11. The van der Waals surface area contributed by atoms with E-state index in [4.69, 9.17) is 5.73 Å². The molecule has 1 unspecified atom stereocenters. The van der Waals surface area contributed by atoms with Gasteiger partial charge in [0, 0.05) is 5.92 Å². The Morgan fingerprint density at radius 2 is 2.00 bits per heavy atom. The van der Waals surface area contributed by atoms with Crippen LogP contribution in [-0.4, -0.2) is 11.9 Å². The summed E-state index contributed by atoms with van der Waals surface area (Å²) in [6, 6.07) is 0.473. The summed E-state index contributed by atoms with van der Waals surface area (Å²) in [7, 11) is 0. The van der Waals surface area contributed by atoms with Gasteiger partial charge in [-0.25, -0.2) is 0 Å². The van der Waals surface area contributed by atoms with Crippen LogP contribution in [0.4, 0.5) is 0 Å². The first-order valence-electron chi connectivity index (χ1n) is 6.11. The molecular formula is C12H24N2. The molecule has 0 bridgehead atoms. The largest absolute Gasteiger partial charge is 0.387 e. The summed E-state index contributed by atoms with van der Waals surface area (Å²) in [6.45, 7) is 4.41. The third-order valence-corrected chi connectivity index (χ3v) is 3.20. The van der Waals surface area contributed by atoms with E-state index in [1.165, 1.54) is 38.5 Å². The first-order valence-corrected chi connectivity index (χ1v) is 6.11. The Kier molecular flexibility index (Phi) is 4.99. The minimum atomic E-state index is 0.473. The lowest BCUT2D eigenvalue weighted by atomic mass is 10.1. The van der Waals surface area contributed by atoms with Crippen LogP contribution in [0.1, 0.15) is 58.8 Å². The number of nitrogens with two attached hydrogens (primary N) is 1. The van der Waals surface area contributed by atoms with Gasteiger partial charge in [-0.05, 0) is 25.7 Å². The van der Waals surface area contributed by atoms with Crippen molar-refractivity contribution in [3.05, 3.63) is 0 Å². The SMILES string of the molecule is CCCC(CC)N=C(N)C1CCCC1. The van der Waals surface area contributed by atoms with Crippen LogP contribution < -0.4 is 5.73 Å². The van der Waals surface area contributed by atoms with Gasteiger partial charge in [0.15, 0.2) is 0 Å². The molecule has 0 radical (unpaired) electrons. The molecule has 0 heterocycles. The van der Waals surface area contributed by atoms with Crippen LogP contribution in [-0.2, 0) is 0 Å². The van der Waals surface area contributed by atoms with Gasteiger partial charge in [0.2, 0.25) is 0 Å². The van der Waals surface area contributed by atoms with Crippen LogP contribution in [0.15, 0.2) is 4.99 Å². The van der Waals surface area contributed by atoms with Crippen LogP contribution in [0, 0.1) is 5.92 Å². The monoisotopic (exact) mass is 196 g/mol. The summed E-state index contributed by atoms with van der Waals surface area (Å²) in [6.07, 6.45) is 8.72. The topological polar surface area (TPSA) is 38.4 Å². The molecule has 0 saturated heterocycles. The van der Waals surface area contributed by atoms with Gasteiger partial charge >= 0.3 is 0 Å². The maximum absolute atomic E-state index is 6.04. The Bertz CT molecular complexity index is 181. The Morgan fingerprint density at radius 1 is 1.36 bits per heavy atom. The van der Waals surface area contributed by atoms with Crippen LogP contribution in [0.2, 0.25) is 0 Å². The molecule has 0 aliphatic heterocycles. The first-order chi connectivity index (χ1) is 6.77. The number of hydrogen-bond acceptors (Lipinski definition) is 1. The van der Waals surface area contributed by atoms with Gasteiger partial charge in [-0.3, -0.25) is 4.99 Å². The van der Waals surface area contributed by atoms with Crippen molar-refractivity contribution >= 4 is 5.84 Å². The zero-order chi connectivity index (χ0) is 10.4. The second-order valence-corrected chi connectivity index (χ2v) is 4.39. The van der Waals surface area contributed by atoms with Crippen LogP contribution >= 0.6 is 0 Å². The van der Waals surface area contributed by atoms with E-state index in [0.717, 1.165) is 12.3 Å². The summed E-state index contributed by atoms with van der Waals surface area (Å²) in [5.41, 5.74) is 6.04. The smallest absolute Gasteiger partial charge is 0.0971 e. The minimum absolute atomic E-state index is 0.473. The maximum Gasteiger partial charge on any atom is 0.0971 e. The van der Waals surface area contributed by atoms with Crippen molar-refractivity contribution in [2.24, 2.45) is 16.6 Å². The van der Waals surface area contributed by atoms with Gasteiger partial charge in [-0.1, -0.05) is 33.1 Å². The standard InChI is InChI=1S/C12H24N2/c1-3-7-11(4-2)14-12(13)10-8-5-6-9-10/h10-11H,3-9H2,1-2H3,(H2,13,14). The van der Waals surface area contributed by atoms with E-state index in [9.17, 15) is 0 Å². The van der Waals surface area contributed by atoms with E-state index in [0.29, 0.717) is 12.0 Å². The first kappa shape index (κ1) is 11.5. The van der Waals surface area contributed by atoms with Crippen molar-refractivity contribution in [2.75, 3.05) is 0 Å². The highest BCUT2D eigenvalue weighted by atomic mass is 14.9. The normalized spacial score (nSPS) is 21.4. The van der Waals surface area contributed by atoms with E-state index in [1.54, 1.807) is 0 Å². The van der Waals surface area contributed by atoms with Crippen molar-refractivity contribution in [3.8, 4) is 0 Å². The fourth-order valence-electron chi connectivity index (χ4n) is 2.23. The zero-order valence-corrected chi connectivity index (χ0v) is 9.63. The van der Waals surface area contributed by atoms with E-state index >= 15 is 0 Å². The lowest BCUT2D eigenvalue weighted by Gasteiger charge is -2.13. The van der Waals surface area contributed by atoms with Crippen molar-refractivity contribution in [1.29, 1.82) is 0 Å².